The molecule has 2 N–H and O–H groups in total. The molecule has 126 valence electrons. The Labute approximate surface area is 138 Å². The molecule has 3 unspecified atom stereocenters. The number of Topliss-reactive ketones (excluding diaryl/α,β-unsaturated/α-hetero) is 2. The summed E-state index contributed by atoms with van der Waals surface area (Å²) >= 11 is 1.84. The Bertz CT molecular complexity index is 522. The summed E-state index contributed by atoms with van der Waals surface area (Å²) in [5.74, 6) is -0.143. The SMILES string of the molecule is O=C1NC2CSC(CCCCC(=O)OC3C(=O)CCC3=O)C2N1. The lowest BCUT2D eigenvalue weighted by atomic mass is 10.0. The van der Waals surface area contributed by atoms with Gasteiger partial charge in [0.2, 0.25) is 6.10 Å². The standard InChI is InChI=1S/C15H20N2O5S/c18-9-5-6-10(19)14(9)22-12(20)4-2-1-3-11-13-8(7-23-11)16-15(21)17-13/h8,11,13-14H,1-7H2,(H2,16,17,21). The zero-order valence-corrected chi connectivity index (χ0v) is 13.5. The van der Waals surface area contributed by atoms with Crippen molar-refractivity contribution in [1.29, 1.82) is 0 Å². The van der Waals surface area contributed by atoms with E-state index >= 15 is 0 Å². The highest BCUT2D eigenvalue weighted by Crippen LogP contribution is 2.33. The Morgan fingerprint density at radius 1 is 1.13 bits per heavy atom. The van der Waals surface area contributed by atoms with Crippen molar-refractivity contribution in [3.63, 3.8) is 0 Å². The van der Waals surface area contributed by atoms with Crippen LogP contribution in [-0.4, -0.2) is 52.8 Å². The number of hydrogen-bond donors (Lipinski definition) is 2. The first kappa shape index (κ1) is 16.3. The van der Waals surface area contributed by atoms with Crippen LogP contribution in [0.2, 0.25) is 0 Å². The van der Waals surface area contributed by atoms with Crippen LogP contribution in [-0.2, 0) is 19.1 Å². The number of unbranched alkanes of at least 4 members (excludes halogenated alkanes) is 1. The second-order valence-electron chi connectivity index (χ2n) is 6.17. The van der Waals surface area contributed by atoms with Crippen molar-refractivity contribution in [1.82, 2.24) is 10.6 Å². The maximum Gasteiger partial charge on any atom is 0.315 e. The maximum atomic E-state index is 11.7. The molecular formula is C15H20N2O5S. The Kier molecular flexibility index (Phi) is 4.89. The van der Waals surface area contributed by atoms with E-state index in [9.17, 15) is 19.2 Å². The number of carbonyl (C=O) groups excluding carboxylic acids is 4. The van der Waals surface area contributed by atoms with Gasteiger partial charge >= 0.3 is 12.0 Å². The first-order valence-electron chi connectivity index (χ1n) is 7.98. The lowest BCUT2D eigenvalue weighted by Gasteiger charge is -2.16. The minimum Gasteiger partial charge on any atom is -0.446 e. The van der Waals surface area contributed by atoms with E-state index in [1.54, 1.807) is 0 Å². The lowest BCUT2D eigenvalue weighted by Crippen LogP contribution is -2.36. The van der Waals surface area contributed by atoms with Gasteiger partial charge in [-0.1, -0.05) is 6.42 Å². The summed E-state index contributed by atoms with van der Waals surface area (Å²) in [7, 11) is 0. The van der Waals surface area contributed by atoms with Crippen LogP contribution in [0.15, 0.2) is 0 Å². The summed E-state index contributed by atoms with van der Waals surface area (Å²) < 4.78 is 4.98. The quantitative estimate of drug-likeness (QED) is 0.317. The fraction of sp³-hybridized carbons (Fsp3) is 0.733. The lowest BCUT2D eigenvalue weighted by molar-refractivity contribution is -0.157. The molecule has 2 saturated heterocycles. The fourth-order valence-electron chi connectivity index (χ4n) is 3.27. The first-order chi connectivity index (χ1) is 11.0. The van der Waals surface area contributed by atoms with Crippen LogP contribution in [0.1, 0.15) is 38.5 Å². The second-order valence-corrected chi connectivity index (χ2v) is 7.44. The van der Waals surface area contributed by atoms with Gasteiger partial charge in [0.25, 0.3) is 0 Å². The molecule has 7 nitrogen and oxygen atoms in total. The van der Waals surface area contributed by atoms with E-state index < -0.39 is 12.1 Å². The largest absolute Gasteiger partial charge is 0.446 e. The van der Waals surface area contributed by atoms with Crippen molar-refractivity contribution in [2.75, 3.05) is 5.75 Å². The van der Waals surface area contributed by atoms with Crippen LogP contribution in [0.3, 0.4) is 0 Å². The molecule has 0 radical (unpaired) electrons. The third-order valence-corrected chi connectivity index (χ3v) is 6.02. The van der Waals surface area contributed by atoms with E-state index in [1.165, 1.54) is 0 Å². The van der Waals surface area contributed by atoms with Gasteiger partial charge in [-0.3, -0.25) is 14.4 Å². The van der Waals surface area contributed by atoms with Gasteiger partial charge in [-0.05, 0) is 12.8 Å². The second kappa shape index (κ2) is 6.90. The Morgan fingerprint density at radius 3 is 2.61 bits per heavy atom. The van der Waals surface area contributed by atoms with Crippen LogP contribution in [0.4, 0.5) is 4.79 Å². The smallest absolute Gasteiger partial charge is 0.315 e. The number of fused-ring (bicyclic) bond motifs is 1. The molecular weight excluding hydrogens is 320 g/mol. The van der Waals surface area contributed by atoms with Crippen molar-refractivity contribution >= 4 is 35.3 Å². The third-order valence-electron chi connectivity index (χ3n) is 4.51. The summed E-state index contributed by atoms with van der Waals surface area (Å²) in [5.41, 5.74) is 0. The number of nitrogens with one attached hydrogen (secondary N) is 2. The van der Waals surface area contributed by atoms with E-state index in [4.69, 9.17) is 4.74 Å². The van der Waals surface area contributed by atoms with Gasteiger partial charge in [-0.15, -0.1) is 0 Å². The highest BCUT2D eigenvalue weighted by atomic mass is 32.2. The van der Waals surface area contributed by atoms with Gasteiger partial charge in [0.1, 0.15) is 0 Å². The number of hydrogen-bond acceptors (Lipinski definition) is 6. The zero-order valence-electron chi connectivity index (χ0n) is 12.7. The van der Waals surface area contributed by atoms with Gasteiger partial charge in [0.15, 0.2) is 11.6 Å². The van der Waals surface area contributed by atoms with Gasteiger partial charge in [0.05, 0.1) is 12.1 Å². The number of esters is 1. The van der Waals surface area contributed by atoms with Crippen LogP contribution in [0.5, 0.6) is 0 Å². The summed E-state index contributed by atoms with van der Waals surface area (Å²) in [5, 5.41) is 6.20. The predicted octanol–water partition coefficient (Wildman–Crippen LogP) is 0.556. The molecule has 1 saturated carbocycles. The van der Waals surface area contributed by atoms with Crippen LogP contribution < -0.4 is 10.6 Å². The van der Waals surface area contributed by atoms with E-state index in [2.05, 4.69) is 10.6 Å². The molecule has 0 aromatic rings. The number of rotatable bonds is 6. The number of amides is 2. The van der Waals surface area contributed by atoms with Gasteiger partial charge in [-0.25, -0.2) is 4.79 Å². The van der Waals surface area contributed by atoms with Crippen LogP contribution in [0, 0.1) is 0 Å². The van der Waals surface area contributed by atoms with Gasteiger partial charge < -0.3 is 15.4 Å². The fourth-order valence-corrected chi connectivity index (χ4v) is 4.81. The number of ketones is 2. The first-order valence-corrected chi connectivity index (χ1v) is 9.03. The monoisotopic (exact) mass is 340 g/mol. The normalized spacial score (nSPS) is 30.3. The third kappa shape index (κ3) is 3.68. The minimum absolute atomic E-state index is 0.0974. The molecule has 2 aliphatic heterocycles. The number of urea groups is 1. The molecule has 0 spiro atoms. The summed E-state index contributed by atoms with van der Waals surface area (Å²) in [6.07, 6.45) is 1.83. The molecule has 1 aliphatic carbocycles. The summed E-state index contributed by atoms with van der Waals surface area (Å²) in [6.45, 7) is 0. The van der Waals surface area contributed by atoms with Crippen molar-refractivity contribution in [3.05, 3.63) is 0 Å². The van der Waals surface area contributed by atoms with Gasteiger partial charge in [-0.2, -0.15) is 11.8 Å². The van der Waals surface area contributed by atoms with Crippen molar-refractivity contribution in [2.45, 2.75) is 62.0 Å². The van der Waals surface area contributed by atoms with E-state index in [1.807, 2.05) is 11.8 Å². The van der Waals surface area contributed by atoms with Crippen molar-refractivity contribution in [3.8, 4) is 0 Å². The molecule has 3 atom stereocenters. The molecule has 0 aromatic heterocycles. The average Bonchev–Trinajstić information content (AvgIpc) is 3.14. The molecule has 23 heavy (non-hydrogen) atoms. The average molecular weight is 340 g/mol. The molecule has 3 rings (SSSR count). The molecule has 2 amide bonds. The highest BCUT2D eigenvalue weighted by molar-refractivity contribution is 8.00. The Morgan fingerprint density at radius 2 is 1.87 bits per heavy atom. The molecule has 3 fully saturated rings. The molecule has 0 aromatic carbocycles. The Balaban J connectivity index is 1.34. The van der Waals surface area contributed by atoms with Crippen LogP contribution >= 0.6 is 11.8 Å². The van der Waals surface area contributed by atoms with Crippen LogP contribution in [0.25, 0.3) is 0 Å². The molecule has 2 heterocycles. The maximum absolute atomic E-state index is 11.7. The van der Waals surface area contributed by atoms with E-state index in [0.717, 1.165) is 18.6 Å². The Hall–Kier alpha value is -1.57. The summed E-state index contributed by atoms with van der Waals surface area (Å²) in [4.78, 5) is 45.8. The topological polar surface area (TPSA) is 102 Å². The van der Waals surface area contributed by atoms with E-state index in [-0.39, 0.29) is 48.9 Å². The summed E-state index contributed by atoms with van der Waals surface area (Å²) in [6, 6.07) is 0.287. The highest BCUT2D eigenvalue weighted by Gasteiger charge is 2.42. The van der Waals surface area contributed by atoms with E-state index in [0.29, 0.717) is 11.7 Å². The predicted molar refractivity (Wildman–Crippen MR) is 83.1 cm³/mol. The van der Waals surface area contributed by atoms with Crippen molar-refractivity contribution in [2.24, 2.45) is 0 Å². The van der Waals surface area contributed by atoms with Gasteiger partial charge in [0, 0.05) is 30.3 Å². The number of thioether (sulfide) groups is 1. The molecule has 0 bridgehead atoms. The van der Waals surface area contributed by atoms with Crippen molar-refractivity contribution < 1.29 is 23.9 Å². The number of ether oxygens (including phenoxy) is 1. The zero-order chi connectivity index (χ0) is 16.4. The molecule has 3 aliphatic rings. The number of carbonyl (C=O) groups is 4. The minimum atomic E-state index is -1.16. The molecule has 8 heteroatoms.